The van der Waals surface area contributed by atoms with Crippen molar-refractivity contribution in [3.05, 3.63) is 40.3 Å². The van der Waals surface area contributed by atoms with Gasteiger partial charge in [0, 0.05) is 54.3 Å². The van der Waals surface area contributed by atoms with Crippen molar-refractivity contribution in [1.82, 2.24) is 19.9 Å². The molecule has 0 fully saturated rings. The summed E-state index contributed by atoms with van der Waals surface area (Å²) in [7, 11) is 3.86. The number of aromatic nitrogens is 4. The summed E-state index contributed by atoms with van der Waals surface area (Å²) in [5.74, 6) is 1.29. The second kappa shape index (κ2) is 6.02. The fraction of sp³-hybridized carbons (Fsp3) is 0.143. The first-order chi connectivity index (χ1) is 10.5. The van der Waals surface area contributed by atoms with Crippen molar-refractivity contribution in [2.45, 2.75) is 0 Å². The third-order valence-electron chi connectivity index (χ3n) is 2.99. The molecule has 3 rings (SSSR count). The van der Waals surface area contributed by atoms with Gasteiger partial charge >= 0.3 is 0 Å². The Balaban J connectivity index is 1.98. The van der Waals surface area contributed by atoms with E-state index in [1.54, 1.807) is 18.6 Å². The smallest absolute Gasteiger partial charge is 0.227 e. The monoisotopic (exact) mass is 378 g/mol. The summed E-state index contributed by atoms with van der Waals surface area (Å²) in [6.45, 7) is 0. The maximum Gasteiger partial charge on any atom is 0.227 e. The topological polar surface area (TPSA) is 66.8 Å². The molecule has 0 spiro atoms. The zero-order valence-electron chi connectivity index (χ0n) is 11.9. The molecule has 0 aliphatic rings. The molecule has 0 bridgehead atoms. The number of nitrogens with zero attached hydrogens (tertiary/aromatic N) is 5. The first kappa shape index (κ1) is 14.9. The van der Waals surface area contributed by atoms with Crippen LogP contribution < -0.4 is 10.2 Å². The van der Waals surface area contributed by atoms with Gasteiger partial charge in [-0.15, -0.1) is 0 Å². The van der Waals surface area contributed by atoms with Gasteiger partial charge in [-0.05, 0) is 22.0 Å². The summed E-state index contributed by atoms with van der Waals surface area (Å²) in [4.78, 5) is 19.0. The summed E-state index contributed by atoms with van der Waals surface area (Å²) in [6, 6.07) is 3.76. The minimum Gasteiger partial charge on any atom is -0.363 e. The van der Waals surface area contributed by atoms with Crippen LogP contribution in [0.4, 0.5) is 17.5 Å². The molecule has 0 radical (unpaired) electrons. The first-order valence-electron chi connectivity index (χ1n) is 6.42. The summed E-state index contributed by atoms with van der Waals surface area (Å²) >= 11 is 9.52. The molecule has 0 atom stereocenters. The number of nitrogens with one attached hydrogen (secondary N) is 1. The van der Waals surface area contributed by atoms with Gasteiger partial charge in [0.2, 0.25) is 5.95 Å². The molecule has 0 aromatic carbocycles. The molecule has 0 aliphatic heterocycles. The molecule has 1 N–H and O–H groups in total. The number of halogens is 2. The second-order valence-corrected chi connectivity index (χ2v) is 5.99. The van der Waals surface area contributed by atoms with Gasteiger partial charge in [0.15, 0.2) is 5.15 Å². The van der Waals surface area contributed by atoms with Gasteiger partial charge < -0.3 is 10.2 Å². The van der Waals surface area contributed by atoms with Gasteiger partial charge in [0.1, 0.15) is 11.3 Å². The Kier molecular flexibility index (Phi) is 4.08. The Morgan fingerprint density at radius 1 is 1.18 bits per heavy atom. The summed E-state index contributed by atoms with van der Waals surface area (Å²) < 4.78 is 0.803. The third-order valence-corrected chi connectivity index (χ3v) is 3.90. The average molecular weight is 380 g/mol. The van der Waals surface area contributed by atoms with E-state index in [0.717, 1.165) is 21.4 Å². The van der Waals surface area contributed by atoms with E-state index in [4.69, 9.17) is 11.6 Å². The van der Waals surface area contributed by atoms with E-state index < -0.39 is 0 Å². The number of pyridine rings is 2. The van der Waals surface area contributed by atoms with Crippen LogP contribution in [0.2, 0.25) is 5.15 Å². The maximum absolute atomic E-state index is 6.10. The molecule has 0 saturated heterocycles. The Hall–Kier alpha value is -1.99. The molecule has 0 saturated carbocycles. The van der Waals surface area contributed by atoms with E-state index in [2.05, 4.69) is 41.2 Å². The SMILES string of the molecule is CN(C)c1cc(Nc2ncc3c(Br)cnc(Cl)c3n2)ccn1. The molecule has 0 aliphatic carbocycles. The minimum atomic E-state index is 0.340. The van der Waals surface area contributed by atoms with Crippen molar-refractivity contribution in [1.29, 1.82) is 0 Å². The summed E-state index contributed by atoms with van der Waals surface area (Å²) in [6.07, 6.45) is 5.06. The van der Waals surface area contributed by atoms with Gasteiger partial charge in [0.05, 0.1) is 0 Å². The number of rotatable bonds is 3. The van der Waals surface area contributed by atoms with Crippen LogP contribution in [0, 0.1) is 0 Å². The van der Waals surface area contributed by atoms with Crippen molar-refractivity contribution in [3.63, 3.8) is 0 Å². The van der Waals surface area contributed by atoms with Crippen molar-refractivity contribution >= 4 is 55.9 Å². The van der Waals surface area contributed by atoms with Gasteiger partial charge in [-0.2, -0.15) is 0 Å². The van der Waals surface area contributed by atoms with Crippen molar-refractivity contribution in [2.24, 2.45) is 0 Å². The lowest BCUT2D eigenvalue weighted by Gasteiger charge is -2.12. The van der Waals surface area contributed by atoms with Crippen LogP contribution in [-0.2, 0) is 0 Å². The Labute approximate surface area is 140 Å². The predicted octanol–water partition coefficient (Wildman–Crippen LogP) is 3.65. The predicted molar refractivity (Wildman–Crippen MR) is 91.9 cm³/mol. The molecule has 8 heteroatoms. The second-order valence-electron chi connectivity index (χ2n) is 4.77. The third kappa shape index (κ3) is 2.95. The van der Waals surface area contributed by atoms with Crippen LogP contribution in [0.25, 0.3) is 10.9 Å². The highest BCUT2D eigenvalue weighted by Crippen LogP contribution is 2.27. The van der Waals surface area contributed by atoms with E-state index in [1.165, 1.54) is 0 Å². The van der Waals surface area contributed by atoms with E-state index in [-0.39, 0.29) is 0 Å². The lowest BCUT2D eigenvalue weighted by atomic mass is 10.3. The van der Waals surface area contributed by atoms with Gasteiger partial charge in [-0.1, -0.05) is 11.6 Å². The largest absolute Gasteiger partial charge is 0.363 e. The highest BCUT2D eigenvalue weighted by molar-refractivity contribution is 9.10. The zero-order chi connectivity index (χ0) is 15.7. The Morgan fingerprint density at radius 3 is 2.77 bits per heavy atom. The molecule has 22 heavy (non-hydrogen) atoms. The van der Waals surface area contributed by atoms with Crippen LogP contribution >= 0.6 is 27.5 Å². The lowest BCUT2D eigenvalue weighted by molar-refractivity contribution is 1.07. The van der Waals surface area contributed by atoms with Gasteiger partial charge in [-0.3, -0.25) is 0 Å². The molecule has 3 aromatic rings. The van der Waals surface area contributed by atoms with Crippen LogP contribution in [0.5, 0.6) is 0 Å². The fourth-order valence-electron chi connectivity index (χ4n) is 1.89. The van der Waals surface area contributed by atoms with Crippen LogP contribution in [0.15, 0.2) is 35.2 Å². The highest BCUT2D eigenvalue weighted by atomic mass is 79.9. The lowest BCUT2D eigenvalue weighted by Crippen LogP contribution is -2.10. The first-order valence-corrected chi connectivity index (χ1v) is 7.59. The molecular weight excluding hydrogens is 368 g/mol. The van der Waals surface area contributed by atoms with Crippen molar-refractivity contribution in [3.8, 4) is 0 Å². The normalized spacial score (nSPS) is 10.7. The number of anilines is 3. The summed E-state index contributed by atoms with van der Waals surface area (Å²) in [5.41, 5.74) is 1.44. The summed E-state index contributed by atoms with van der Waals surface area (Å²) in [5, 5.41) is 4.30. The van der Waals surface area contributed by atoms with Crippen LogP contribution in [0.1, 0.15) is 0 Å². The molecule has 3 heterocycles. The number of hydrogen-bond donors (Lipinski definition) is 1. The molecule has 0 amide bonds. The Morgan fingerprint density at radius 2 is 2.00 bits per heavy atom. The van der Waals surface area contributed by atoms with Crippen molar-refractivity contribution in [2.75, 3.05) is 24.3 Å². The standard InChI is InChI=1S/C14H12BrClN6/c1-22(2)11-5-8(3-4-17-11)20-14-19-6-9-10(15)7-18-13(16)12(9)21-14/h3-7H,1-2H3,(H,17,19,20,21). The molecule has 0 unspecified atom stereocenters. The van der Waals surface area contributed by atoms with Crippen LogP contribution in [-0.4, -0.2) is 34.0 Å². The zero-order valence-corrected chi connectivity index (χ0v) is 14.2. The molecular formula is C14H12BrClN6. The molecule has 6 nitrogen and oxygen atoms in total. The van der Waals surface area contributed by atoms with E-state index in [0.29, 0.717) is 16.6 Å². The van der Waals surface area contributed by atoms with Gasteiger partial charge in [0.25, 0.3) is 0 Å². The average Bonchev–Trinajstić information content (AvgIpc) is 2.51. The van der Waals surface area contributed by atoms with Crippen LogP contribution in [0.3, 0.4) is 0 Å². The highest BCUT2D eigenvalue weighted by Gasteiger charge is 2.09. The quantitative estimate of drug-likeness (QED) is 0.701. The van der Waals surface area contributed by atoms with Crippen molar-refractivity contribution < 1.29 is 0 Å². The van der Waals surface area contributed by atoms with E-state index >= 15 is 0 Å². The van der Waals surface area contributed by atoms with E-state index in [1.807, 2.05) is 31.1 Å². The van der Waals surface area contributed by atoms with E-state index in [9.17, 15) is 0 Å². The minimum absolute atomic E-state index is 0.340. The molecule has 112 valence electrons. The Bertz CT molecular complexity index is 839. The fourth-order valence-corrected chi connectivity index (χ4v) is 2.47. The molecule has 3 aromatic heterocycles. The maximum atomic E-state index is 6.10. The number of hydrogen-bond acceptors (Lipinski definition) is 6. The number of fused-ring (bicyclic) bond motifs is 1. The van der Waals surface area contributed by atoms with Gasteiger partial charge in [-0.25, -0.2) is 19.9 Å².